The number of benzene rings is 9. The van der Waals surface area contributed by atoms with Gasteiger partial charge in [0, 0.05) is 16.7 Å². The zero-order chi connectivity index (χ0) is 39.0. The fraction of sp³-hybridized carbons (Fsp3) is 0. The lowest BCUT2D eigenvalue weighted by molar-refractivity contribution is 1.57. The first-order valence-electron chi connectivity index (χ1n) is 19.8. The van der Waals surface area contributed by atoms with Crippen molar-refractivity contribution in [1.29, 1.82) is 0 Å². The molecule has 0 spiro atoms. The van der Waals surface area contributed by atoms with Gasteiger partial charge in [-0.25, -0.2) is 0 Å². The normalized spacial score (nSPS) is 11.2. The van der Waals surface area contributed by atoms with Gasteiger partial charge in [-0.15, -0.1) is 11.1 Å². The highest BCUT2D eigenvalue weighted by molar-refractivity contribution is 7.17. The predicted molar refractivity (Wildman–Crippen MR) is 251 cm³/mol. The molecule has 0 amide bonds. The number of hydrogen-bond donors (Lipinski definition) is 0. The summed E-state index contributed by atoms with van der Waals surface area (Å²) in [6.45, 7) is 0. The maximum atomic E-state index is 4.08. The van der Waals surface area contributed by atoms with E-state index >= 15 is 0 Å². The summed E-state index contributed by atoms with van der Waals surface area (Å²) in [5, 5.41) is 9.90. The molecular formula is C56H40Si2. The Morgan fingerprint density at radius 2 is 0.552 bits per heavy atom. The van der Waals surface area contributed by atoms with E-state index in [0.29, 0.717) is 0 Å². The fourth-order valence-corrected chi connectivity index (χ4v) is 16.0. The van der Waals surface area contributed by atoms with Gasteiger partial charge in [0.15, 0.2) is 0 Å². The molecule has 0 N–H and O–H groups in total. The average molecular weight is 769 g/mol. The van der Waals surface area contributed by atoms with Crippen molar-refractivity contribution >= 4 is 58.0 Å². The van der Waals surface area contributed by atoms with Crippen LogP contribution in [0.25, 0.3) is 21.9 Å². The molecular weight excluding hydrogens is 729 g/mol. The number of rotatable bonds is 7. The van der Waals surface area contributed by atoms with Crippen LogP contribution in [0.1, 0.15) is 11.1 Å². The van der Waals surface area contributed by atoms with Gasteiger partial charge in [0.05, 0.1) is 0 Å². The molecule has 9 aromatic rings. The van der Waals surface area contributed by atoms with E-state index in [9.17, 15) is 0 Å². The molecule has 2 heteroatoms. The van der Waals surface area contributed by atoms with Gasteiger partial charge in [-0.2, -0.15) is 0 Å². The summed E-state index contributed by atoms with van der Waals surface area (Å²) in [4.78, 5) is 0. The van der Waals surface area contributed by atoms with Gasteiger partial charge in [-0.1, -0.05) is 242 Å². The van der Waals surface area contributed by atoms with E-state index in [1.807, 2.05) is 0 Å². The Kier molecular flexibility index (Phi) is 10.4. The molecule has 0 atom stereocenters. The Morgan fingerprint density at radius 1 is 0.259 bits per heavy atom. The molecule has 0 aliphatic rings. The third-order valence-electron chi connectivity index (χ3n) is 11.1. The van der Waals surface area contributed by atoms with Crippen LogP contribution in [0.3, 0.4) is 0 Å². The second kappa shape index (κ2) is 16.5. The topological polar surface area (TPSA) is 0 Å². The van der Waals surface area contributed by atoms with Crippen LogP contribution < -0.4 is 31.1 Å². The standard InChI is InChI=1S/C56H40Si2/c1-7-27-48(28-8-1)57(49-29-9-2-10-30-49,50-31-11-3-12-32-50)43-41-46-25-21-26-47(56(46)55-40-22-24-45-23-19-20-39-54(45)55)42-44-58(51-33-13-4-14-34-51,52-35-15-5-16-36-52)53-37-17-6-18-38-53/h1-40H. The summed E-state index contributed by atoms with van der Waals surface area (Å²) < 4.78 is 0. The molecule has 9 rings (SSSR count). The fourth-order valence-electron chi connectivity index (χ4n) is 8.38. The first-order chi connectivity index (χ1) is 28.8. The Hall–Kier alpha value is -7.21. The Labute approximate surface area is 344 Å². The summed E-state index contributed by atoms with van der Waals surface area (Å²) in [5.41, 5.74) is 12.3. The quantitative estimate of drug-likeness (QED) is 0.0866. The van der Waals surface area contributed by atoms with Crippen LogP contribution >= 0.6 is 0 Å². The number of fused-ring (bicyclic) bond motifs is 1. The van der Waals surface area contributed by atoms with Gasteiger partial charge in [0.2, 0.25) is 16.1 Å². The van der Waals surface area contributed by atoms with Crippen molar-refractivity contribution in [3.8, 4) is 34.1 Å². The predicted octanol–water partition coefficient (Wildman–Crippen LogP) is 8.63. The second-order valence-corrected chi connectivity index (χ2v) is 21.4. The SMILES string of the molecule is C(#C[Si](c1ccccc1)(c1ccccc1)c1ccccc1)c1cccc(C#C[Si](c2ccccc2)(c2ccccc2)c2ccccc2)c1-c1cccc2ccccc12. The molecule has 0 unspecified atom stereocenters. The van der Waals surface area contributed by atoms with Crippen LogP contribution in [0.5, 0.6) is 0 Å². The van der Waals surface area contributed by atoms with Crippen LogP contribution in [0.2, 0.25) is 0 Å². The highest BCUT2D eigenvalue weighted by Crippen LogP contribution is 2.33. The monoisotopic (exact) mass is 768 g/mol. The van der Waals surface area contributed by atoms with Crippen LogP contribution in [-0.2, 0) is 0 Å². The maximum absolute atomic E-state index is 4.08. The first kappa shape index (κ1) is 36.4. The lowest BCUT2D eigenvalue weighted by atomic mass is 9.91. The van der Waals surface area contributed by atoms with Crippen LogP contribution in [0.4, 0.5) is 0 Å². The highest BCUT2D eigenvalue weighted by atomic mass is 28.3. The van der Waals surface area contributed by atoms with Crippen molar-refractivity contribution < 1.29 is 0 Å². The molecule has 0 saturated heterocycles. The molecule has 58 heavy (non-hydrogen) atoms. The van der Waals surface area contributed by atoms with Gasteiger partial charge < -0.3 is 0 Å². The molecule has 0 radical (unpaired) electrons. The van der Waals surface area contributed by atoms with Gasteiger partial charge in [0.25, 0.3) is 0 Å². The lowest BCUT2D eigenvalue weighted by Crippen LogP contribution is -2.66. The van der Waals surface area contributed by atoms with Gasteiger partial charge in [0.1, 0.15) is 0 Å². The van der Waals surface area contributed by atoms with E-state index in [2.05, 4.69) is 266 Å². The Balaban J connectivity index is 1.35. The average Bonchev–Trinajstić information content (AvgIpc) is 3.31. The van der Waals surface area contributed by atoms with E-state index in [-0.39, 0.29) is 0 Å². The van der Waals surface area contributed by atoms with Crippen molar-refractivity contribution in [3.63, 3.8) is 0 Å². The molecule has 0 aliphatic heterocycles. The van der Waals surface area contributed by atoms with Gasteiger partial charge >= 0.3 is 0 Å². The third-order valence-corrected chi connectivity index (χ3v) is 19.3. The van der Waals surface area contributed by atoms with Crippen molar-refractivity contribution in [3.05, 3.63) is 254 Å². The van der Waals surface area contributed by atoms with E-state index in [4.69, 9.17) is 0 Å². The summed E-state index contributed by atoms with van der Waals surface area (Å²) in [6, 6.07) is 87.1. The van der Waals surface area contributed by atoms with Crippen molar-refractivity contribution in [1.82, 2.24) is 0 Å². The largest absolute Gasteiger partial charge is 0.230 e. The minimum absolute atomic E-state index is 0.967. The molecule has 0 bridgehead atoms. The first-order valence-corrected chi connectivity index (χ1v) is 23.8. The molecule has 0 nitrogen and oxygen atoms in total. The van der Waals surface area contributed by atoms with Crippen LogP contribution in [-0.4, -0.2) is 16.1 Å². The zero-order valence-electron chi connectivity index (χ0n) is 32.1. The van der Waals surface area contributed by atoms with Crippen LogP contribution in [0, 0.1) is 22.9 Å². The molecule has 272 valence electrons. The molecule has 0 fully saturated rings. The molecule has 9 aromatic carbocycles. The summed E-state index contributed by atoms with van der Waals surface area (Å²) in [7, 11) is -5.75. The Morgan fingerprint density at radius 3 is 0.914 bits per heavy atom. The molecule has 0 saturated carbocycles. The molecule has 0 heterocycles. The van der Waals surface area contributed by atoms with Crippen molar-refractivity contribution in [2.75, 3.05) is 0 Å². The number of hydrogen-bond acceptors (Lipinski definition) is 0. The minimum atomic E-state index is -2.87. The summed E-state index contributed by atoms with van der Waals surface area (Å²) in [5.74, 6) is 7.80. The zero-order valence-corrected chi connectivity index (χ0v) is 34.1. The summed E-state index contributed by atoms with van der Waals surface area (Å²) >= 11 is 0. The highest BCUT2D eigenvalue weighted by Gasteiger charge is 2.39. The van der Waals surface area contributed by atoms with E-state index in [1.165, 1.54) is 41.9 Å². The molecule has 0 aliphatic carbocycles. The van der Waals surface area contributed by atoms with E-state index in [0.717, 1.165) is 22.3 Å². The smallest absolute Gasteiger partial charge is 0.109 e. The maximum Gasteiger partial charge on any atom is 0.230 e. The van der Waals surface area contributed by atoms with E-state index in [1.54, 1.807) is 0 Å². The minimum Gasteiger partial charge on any atom is -0.109 e. The molecule has 0 aromatic heterocycles. The van der Waals surface area contributed by atoms with Crippen molar-refractivity contribution in [2.45, 2.75) is 0 Å². The summed E-state index contributed by atoms with van der Waals surface area (Å²) in [6.07, 6.45) is 0. The second-order valence-electron chi connectivity index (χ2n) is 14.5. The van der Waals surface area contributed by atoms with Gasteiger partial charge in [-0.05, 0) is 59.6 Å². The van der Waals surface area contributed by atoms with Crippen LogP contribution in [0.15, 0.2) is 243 Å². The van der Waals surface area contributed by atoms with Crippen molar-refractivity contribution in [2.24, 2.45) is 0 Å². The lowest BCUT2D eigenvalue weighted by Gasteiger charge is -2.28. The van der Waals surface area contributed by atoms with E-state index < -0.39 is 16.1 Å². The Bertz CT molecular complexity index is 2560. The van der Waals surface area contributed by atoms with Gasteiger partial charge in [-0.3, -0.25) is 0 Å². The third kappa shape index (κ3) is 6.82.